The van der Waals surface area contributed by atoms with Gasteiger partial charge in [0.05, 0.1) is 13.7 Å². The minimum Gasteiger partial charge on any atom is -0.493 e. The molecule has 0 heterocycles. The Morgan fingerprint density at radius 3 is 2.42 bits per heavy atom. The molecule has 0 aliphatic carbocycles. The smallest absolute Gasteiger partial charge is 0.224 e. The molecule has 128 valence electrons. The highest BCUT2D eigenvalue weighted by molar-refractivity contribution is 5.91. The second-order valence-corrected chi connectivity index (χ2v) is 5.89. The van der Waals surface area contributed by atoms with Gasteiger partial charge in [0.2, 0.25) is 5.91 Å². The number of methoxy groups -OCH3 is 1. The molecule has 24 heavy (non-hydrogen) atoms. The van der Waals surface area contributed by atoms with E-state index in [1.807, 2.05) is 48.5 Å². The van der Waals surface area contributed by atoms with Crippen molar-refractivity contribution in [1.82, 2.24) is 0 Å². The molecule has 4 heteroatoms. The third-order valence-electron chi connectivity index (χ3n) is 3.73. The van der Waals surface area contributed by atoms with Crippen molar-refractivity contribution in [2.24, 2.45) is 0 Å². The maximum absolute atomic E-state index is 12.1. The highest BCUT2D eigenvalue weighted by atomic mass is 16.5. The number of benzene rings is 2. The van der Waals surface area contributed by atoms with E-state index in [1.165, 1.54) is 0 Å². The Morgan fingerprint density at radius 2 is 1.71 bits per heavy atom. The van der Waals surface area contributed by atoms with E-state index in [0.717, 1.165) is 11.3 Å². The fourth-order valence-electron chi connectivity index (χ4n) is 2.48. The van der Waals surface area contributed by atoms with Gasteiger partial charge in [-0.05, 0) is 36.1 Å². The zero-order valence-electron chi connectivity index (χ0n) is 14.5. The Bertz CT molecular complexity index is 667. The molecule has 2 aromatic rings. The zero-order valence-corrected chi connectivity index (χ0v) is 14.5. The van der Waals surface area contributed by atoms with Crippen molar-refractivity contribution >= 4 is 11.6 Å². The largest absolute Gasteiger partial charge is 0.493 e. The highest BCUT2D eigenvalue weighted by Crippen LogP contribution is 2.26. The van der Waals surface area contributed by atoms with Crippen LogP contribution in [0.4, 0.5) is 5.69 Å². The van der Waals surface area contributed by atoms with Gasteiger partial charge >= 0.3 is 0 Å². The van der Waals surface area contributed by atoms with Gasteiger partial charge in [0.1, 0.15) is 0 Å². The van der Waals surface area contributed by atoms with Gasteiger partial charge in [-0.25, -0.2) is 0 Å². The molecular formula is C20H25NO3. The first-order valence-electron chi connectivity index (χ1n) is 8.26. The number of ether oxygens (including phenoxy) is 2. The number of para-hydroxylation sites is 3. The molecule has 1 amide bonds. The van der Waals surface area contributed by atoms with Gasteiger partial charge in [0.15, 0.2) is 11.5 Å². The summed E-state index contributed by atoms with van der Waals surface area (Å²) in [4.78, 5) is 12.1. The zero-order chi connectivity index (χ0) is 17.4. The predicted octanol–water partition coefficient (Wildman–Crippen LogP) is 4.62. The van der Waals surface area contributed by atoms with Gasteiger partial charge in [0.25, 0.3) is 0 Å². The molecule has 0 unspecified atom stereocenters. The Labute approximate surface area is 143 Å². The number of hydrogen-bond donors (Lipinski definition) is 1. The van der Waals surface area contributed by atoms with Crippen LogP contribution < -0.4 is 14.8 Å². The summed E-state index contributed by atoms with van der Waals surface area (Å²) in [6, 6.07) is 15.4. The summed E-state index contributed by atoms with van der Waals surface area (Å²) in [5, 5.41) is 2.99. The van der Waals surface area contributed by atoms with E-state index < -0.39 is 0 Å². The van der Waals surface area contributed by atoms with E-state index in [4.69, 9.17) is 9.47 Å². The van der Waals surface area contributed by atoms with Crippen molar-refractivity contribution in [3.05, 3.63) is 54.1 Å². The Kier molecular flexibility index (Phi) is 6.67. The molecule has 0 aliphatic rings. The number of amides is 1. The topological polar surface area (TPSA) is 47.6 Å². The van der Waals surface area contributed by atoms with Crippen LogP contribution in [-0.2, 0) is 4.79 Å². The first-order valence-corrected chi connectivity index (χ1v) is 8.26. The van der Waals surface area contributed by atoms with Crippen LogP contribution in [-0.4, -0.2) is 19.6 Å². The van der Waals surface area contributed by atoms with E-state index in [-0.39, 0.29) is 5.91 Å². The van der Waals surface area contributed by atoms with E-state index in [0.29, 0.717) is 36.9 Å². The molecule has 0 aromatic heterocycles. The second-order valence-electron chi connectivity index (χ2n) is 5.89. The van der Waals surface area contributed by atoms with Crippen LogP contribution in [0.1, 0.15) is 38.2 Å². The van der Waals surface area contributed by atoms with E-state index in [9.17, 15) is 4.79 Å². The summed E-state index contributed by atoms with van der Waals surface area (Å²) in [6.45, 7) is 4.71. The molecule has 0 spiro atoms. The summed E-state index contributed by atoms with van der Waals surface area (Å²) >= 11 is 0. The molecule has 0 fully saturated rings. The third kappa shape index (κ3) is 5.01. The van der Waals surface area contributed by atoms with Gasteiger partial charge in [-0.3, -0.25) is 4.79 Å². The first kappa shape index (κ1) is 17.9. The Morgan fingerprint density at radius 1 is 1.04 bits per heavy atom. The molecular weight excluding hydrogens is 302 g/mol. The van der Waals surface area contributed by atoms with Crippen LogP contribution >= 0.6 is 0 Å². The lowest BCUT2D eigenvalue weighted by molar-refractivity contribution is -0.116. The fraction of sp³-hybridized carbons (Fsp3) is 0.350. The normalized spacial score (nSPS) is 10.5. The maximum atomic E-state index is 12.1. The molecule has 0 aliphatic heterocycles. The van der Waals surface area contributed by atoms with Crippen LogP contribution in [0, 0.1) is 0 Å². The molecule has 4 nitrogen and oxygen atoms in total. The van der Waals surface area contributed by atoms with Crippen molar-refractivity contribution in [2.75, 3.05) is 19.0 Å². The van der Waals surface area contributed by atoms with Gasteiger partial charge in [-0.15, -0.1) is 0 Å². The van der Waals surface area contributed by atoms with Crippen molar-refractivity contribution in [3.63, 3.8) is 0 Å². The molecule has 2 aromatic carbocycles. The summed E-state index contributed by atoms with van der Waals surface area (Å²) in [6.07, 6.45) is 1.06. The van der Waals surface area contributed by atoms with Crippen LogP contribution in [0.15, 0.2) is 48.5 Å². The van der Waals surface area contributed by atoms with E-state index in [2.05, 4.69) is 19.2 Å². The molecule has 0 atom stereocenters. The number of anilines is 1. The van der Waals surface area contributed by atoms with Crippen LogP contribution in [0.2, 0.25) is 0 Å². The first-order chi connectivity index (χ1) is 11.6. The highest BCUT2D eigenvalue weighted by Gasteiger charge is 2.09. The van der Waals surface area contributed by atoms with Crippen LogP contribution in [0.5, 0.6) is 11.5 Å². The maximum Gasteiger partial charge on any atom is 0.224 e. The van der Waals surface area contributed by atoms with E-state index >= 15 is 0 Å². The van der Waals surface area contributed by atoms with Crippen LogP contribution in [0.3, 0.4) is 0 Å². The average Bonchev–Trinajstić information content (AvgIpc) is 2.59. The fourth-order valence-corrected chi connectivity index (χ4v) is 2.48. The number of nitrogens with one attached hydrogen (secondary N) is 1. The average molecular weight is 327 g/mol. The Hall–Kier alpha value is -2.49. The van der Waals surface area contributed by atoms with Crippen molar-refractivity contribution in [2.45, 2.75) is 32.6 Å². The lowest BCUT2D eigenvalue weighted by atomic mass is 10.0. The SMILES string of the molecule is COc1ccccc1OCCCC(=O)Nc1ccccc1C(C)C. The van der Waals surface area contributed by atoms with Crippen LogP contribution in [0.25, 0.3) is 0 Å². The molecule has 1 N–H and O–H groups in total. The van der Waals surface area contributed by atoms with Gasteiger partial charge < -0.3 is 14.8 Å². The standard InChI is InChI=1S/C20H25NO3/c1-15(2)16-9-4-5-10-17(16)21-20(22)13-8-14-24-19-12-7-6-11-18(19)23-3/h4-7,9-12,15H,8,13-14H2,1-3H3,(H,21,22). The van der Waals surface area contributed by atoms with Crippen molar-refractivity contribution in [3.8, 4) is 11.5 Å². The molecule has 0 saturated heterocycles. The number of carbonyl (C=O) groups excluding carboxylic acids is 1. The summed E-state index contributed by atoms with van der Waals surface area (Å²) < 4.78 is 10.9. The van der Waals surface area contributed by atoms with Crippen molar-refractivity contribution in [1.29, 1.82) is 0 Å². The Balaban J connectivity index is 1.80. The lowest BCUT2D eigenvalue weighted by Crippen LogP contribution is -2.14. The molecule has 2 rings (SSSR count). The number of carbonyl (C=O) groups is 1. The molecule has 0 saturated carbocycles. The van der Waals surface area contributed by atoms with Gasteiger partial charge in [-0.2, -0.15) is 0 Å². The summed E-state index contributed by atoms with van der Waals surface area (Å²) in [7, 11) is 1.61. The minimum atomic E-state index is 0.00623. The molecule has 0 radical (unpaired) electrons. The lowest BCUT2D eigenvalue weighted by Gasteiger charge is -2.14. The third-order valence-corrected chi connectivity index (χ3v) is 3.73. The second kappa shape index (κ2) is 8.96. The number of rotatable bonds is 8. The summed E-state index contributed by atoms with van der Waals surface area (Å²) in [5.41, 5.74) is 2.04. The summed E-state index contributed by atoms with van der Waals surface area (Å²) in [5.74, 6) is 1.78. The predicted molar refractivity (Wildman–Crippen MR) is 96.9 cm³/mol. The van der Waals surface area contributed by atoms with Crippen molar-refractivity contribution < 1.29 is 14.3 Å². The minimum absolute atomic E-state index is 0.00623. The quantitative estimate of drug-likeness (QED) is 0.720. The monoisotopic (exact) mass is 327 g/mol. The van der Waals surface area contributed by atoms with E-state index in [1.54, 1.807) is 7.11 Å². The number of hydrogen-bond acceptors (Lipinski definition) is 3. The van der Waals surface area contributed by atoms with Gasteiger partial charge in [-0.1, -0.05) is 44.2 Å². The van der Waals surface area contributed by atoms with Gasteiger partial charge in [0, 0.05) is 12.1 Å². The molecule has 0 bridgehead atoms.